The number of ether oxygens (including phenoxy) is 2. The molecular weight excluding hydrogens is 264 g/mol. The van der Waals surface area contributed by atoms with Crippen LogP contribution in [0, 0.1) is 0 Å². The minimum Gasteiger partial charge on any atom is -0.493 e. The largest absolute Gasteiger partial charge is 0.493 e. The number of rotatable bonds is 6. The first-order chi connectivity index (χ1) is 10.2. The second-order valence-corrected chi connectivity index (χ2v) is 4.34. The Kier molecular flexibility index (Phi) is 4.99. The van der Waals surface area contributed by atoms with Crippen molar-refractivity contribution in [3.8, 4) is 11.5 Å². The lowest BCUT2D eigenvalue weighted by Gasteiger charge is -2.12. The van der Waals surface area contributed by atoms with Crippen LogP contribution in [-0.4, -0.2) is 12.9 Å². The molecule has 0 atom stereocenters. The number of amidine groups is 1. The monoisotopic (exact) mass is 282 g/mol. The van der Waals surface area contributed by atoms with Gasteiger partial charge in [-0.15, -0.1) is 0 Å². The smallest absolute Gasteiger partial charge is 0.161 e. The zero-order valence-electron chi connectivity index (χ0n) is 12.0. The summed E-state index contributed by atoms with van der Waals surface area (Å²) in [5.41, 5.74) is 7.68. The molecule has 0 heterocycles. The molecular formula is C17H18N2O2. The van der Waals surface area contributed by atoms with E-state index < -0.39 is 0 Å². The van der Waals surface area contributed by atoms with Crippen molar-refractivity contribution >= 4 is 5.84 Å². The summed E-state index contributed by atoms with van der Waals surface area (Å²) in [4.78, 5) is 3.96. The van der Waals surface area contributed by atoms with Gasteiger partial charge in [0.2, 0.25) is 0 Å². The van der Waals surface area contributed by atoms with Gasteiger partial charge >= 0.3 is 0 Å². The minimum atomic E-state index is 0.387. The SMILES string of the molecule is C=CN=C(N)c1ccc(OCc2ccccc2)c(OC)c1. The highest BCUT2D eigenvalue weighted by atomic mass is 16.5. The highest BCUT2D eigenvalue weighted by molar-refractivity contribution is 5.98. The predicted octanol–water partition coefficient (Wildman–Crippen LogP) is 3.12. The first kappa shape index (κ1) is 14.7. The fourth-order valence-electron chi connectivity index (χ4n) is 1.85. The molecule has 2 aromatic rings. The van der Waals surface area contributed by atoms with Crippen molar-refractivity contribution in [3.63, 3.8) is 0 Å². The molecule has 0 aromatic heterocycles. The van der Waals surface area contributed by atoms with Gasteiger partial charge in [0, 0.05) is 11.8 Å². The molecule has 0 fully saturated rings. The molecule has 0 spiro atoms. The van der Waals surface area contributed by atoms with Gasteiger partial charge in [0.05, 0.1) is 7.11 Å². The lowest BCUT2D eigenvalue weighted by atomic mass is 10.2. The number of hydrogen-bond donors (Lipinski definition) is 1. The van der Waals surface area contributed by atoms with E-state index in [0.717, 1.165) is 11.1 Å². The highest BCUT2D eigenvalue weighted by Gasteiger charge is 2.08. The molecule has 0 aliphatic carbocycles. The minimum absolute atomic E-state index is 0.387. The Bertz CT molecular complexity index is 636. The Balaban J connectivity index is 2.16. The molecule has 0 saturated carbocycles. The van der Waals surface area contributed by atoms with E-state index in [9.17, 15) is 0 Å². The summed E-state index contributed by atoms with van der Waals surface area (Å²) < 4.78 is 11.1. The van der Waals surface area contributed by atoms with Gasteiger partial charge in [-0.2, -0.15) is 0 Å². The third kappa shape index (κ3) is 3.86. The molecule has 2 rings (SSSR count). The number of aliphatic imine (C=N–C) groups is 1. The van der Waals surface area contributed by atoms with Crippen molar-refractivity contribution in [1.82, 2.24) is 0 Å². The maximum absolute atomic E-state index is 5.83. The molecule has 2 N–H and O–H groups in total. The van der Waals surface area contributed by atoms with Crippen molar-refractivity contribution in [2.24, 2.45) is 10.7 Å². The molecule has 0 bridgehead atoms. The first-order valence-electron chi connectivity index (χ1n) is 6.54. The second-order valence-electron chi connectivity index (χ2n) is 4.34. The molecule has 0 saturated heterocycles. The van der Waals surface area contributed by atoms with Gasteiger partial charge in [-0.25, -0.2) is 4.99 Å². The van der Waals surface area contributed by atoms with Crippen LogP contribution in [0.4, 0.5) is 0 Å². The van der Waals surface area contributed by atoms with Crippen molar-refractivity contribution < 1.29 is 9.47 Å². The zero-order valence-corrected chi connectivity index (χ0v) is 12.0. The maximum Gasteiger partial charge on any atom is 0.161 e. The van der Waals surface area contributed by atoms with Crippen LogP contribution in [-0.2, 0) is 6.61 Å². The Labute approximate surface area is 124 Å². The third-order valence-electron chi connectivity index (χ3n) is 2.93. The normalized spacial score (nSPS) is 11.0. The quantitative estimate of drug-likeness (QED) is 0.654. The maximum atomic E-state index is 5.83. The summed E-state index contributed by atoms with van der Waals surface area (Å²) >= 11 is 0. The van der Waals surface area contributed by atoms with Crippen LogP contribution >= 0.6 is 0 Å². The number of nitrogens with zero attached hydrogens (tertiary/aromatic N) is 1. The molecule has 108 valence electrons. The average molecular weight is 282 g/mol. The summed E-state index contributed by atoms with van der Waals surface area (Å²) in [7, 11) is 1.59. The van der Waals surface area contributed by atoms with E-state index in [0.29, 0.717) is 23.9 Å². The molecule has 0 amide bonds. The third-order valence-corrected chi connectivity index (χ3v) is 2.93. The predicted molar refractivity (Wildman–Crippen MR) is 84.7 cm³/mol. The van der Waals surface area contributed by atoms with Crippen molar-refractivity contribution in [1.29, 1.82) is 0 Å². The van der Waals surface area contributed by atoms with Crippen LogP contribution in [0.2, 0.25) is 0 Å². The topological polar surface area (TPSA) is 56.8 Å². The first-order valence-corrected chi connectivity index (χ1v) is 6.54. The molecule has 0 aliphatic rings. The van der Waals surface area contributed by atoms with Gasteiger partial charge < -0.3 is 15.2 Å². The molecule has 0 unspecified atom stereocenters. The van der Waals surface area contributed by atoms with Crippen LogP contribution in [0.15, 0.2) is 66.3 Å². The Morgan fingerprint density at radius 2 is 1.95 bits per heavy atom. The van der Waals surface area contributed by atoms with E-state index in [2.05, 4.69) is 11.6 Å². The summed E-state index contributed by atoms with van der Waals surface area (Å²) in [6.07, 6.45) is 1.40. The highest BCUT2D eigenvalue weighted by Crippen LogP contribution is 2.28. The van der Waals surface area contributed by atoms with E-state index in [1.165, 1.54) is 6.20 Å². The van der Waals surface area contributed by atoms with Gasteiger partial charge in [-0.05, 0) is 23.8 Å². The van der Waals surface area contributed by atoms with Gasteiger partial charge in [0.1, 0.15) is 12.4 Å². The molecule has 21 heavy (non-hydrogen) atoms. The lowest BCUT2D eigenvalue weighted by molar-refractivity contribution is 0.284. The van der Waals surface area contributed by atoms with Crippen LogP contribution in [0.25, 0.3) is 0 Å². The van der Waals surface area contributed by atoms with E-state index >= 15 is 0 Å². The summed E-state index contributed by atoms with van der Waals surface area (Å²) in [6.45, 7) is 4.00. The summed E-state index contributed by atoms with van der Waals surface area (Å²) in [6, 6.07) is 15.4. The standard InChI is InChI=1S/C17H18N2O2/c1-3-19-17(18)14-9-10-15(16(11-14)20-2)21-12-13-7-5-4-6-8-13/h3-11H,1,12H2,2H3,(H2,18,19). The number of methoxy groups -OCH3 is 1. The fraction of sp³-hybridized carbons (Fsp3) is 0.118. The van der Waals surface area contributed by atoms with Crippen LogP contribution in [0.5, 0.6) is 11.5 Å². The molecule has 2 aromatic carbocycles. The molecule has 0 aliphatic heterocycles. The van der Waals surface area contributed by atoms with Crippen LogP contribution in [0.3, 0.4) is 0 Å². The average Bonchev–Trinajstić information content (AvgIpc) is 2.54. The summed E-state index contributed by atoms with van der Waals surface area (Å²) in [5.74, 6) is 1.67. The summed E-state index contributed by atoms with van der Waals surface area (Å²) in [5, 5.41) is 0. The van der Waals surface area contributed by atoms with Gasteiger partial charge in [-0.3, -0.25) is 0 Å². The van der Waals surface area contributed by atoms with Crippen LogP contribution in [0.1, 0.15) is 11.1 Å². The van der Waals surface area contributed by atoms with Gasteiger partial charge in [0.25, 0.3) is 0 Å². The Morgan fingerprint density at radius 1 is 1.19 bits per heavy atom. The van der Waals surface area contributed by atoms with Crippen molar-refractivity contribution in [2.45, 2.75) is 6.61 Å². The van der Waals surface area contributed by atoms with Gasteiger partial charge in [0.15, 0.2) is 11.5 Å². The molecule has 0 radical (unpaired) electrons. The number of nitrogens with two attached hydrogens (primary N) is 1. The number of hydrogen-bond acceptors (Lipinski definition) is 3. The van der Waals surface area contributed by atoms with E-state index in [-0.39, 0.29) is 0 Å². The molecule has 4 nitrogen and oxygen atoms in total. The Hall–Kier alpha value is -2.75. The number of benzene rings is 2. The van der Waals surface area contributed by atoms with Crippen molar-refractivity contribution in [3.05, 3.63) is 72.4 Å². The van der Waals surface area contributed by atoms with E-state index in [1.807, 2.05) is 42.5 Å². The van der Waals surface area contributed by atoms with Crippen LogP contribution < -0.4 is 15.2 Å². The van der Waals surface area contributed by atoms with E-state index in [4.69, 9.17) is 15.2 Å². The zero-order chi connectivity index (χ0) is 15.1. The Morgan fingerprint density at radius 3 is 2.62 bits per heavy atom. The van der Waals surface area contributed by atoms with Gasteiger partial charge in [-0.1, -0.05) is 36.9 Å². The van der Waals surface area contributed by atoms with E-state index in [1.54, 1.807) is 13.2 Å². The fourth-order valence-corrected chi connectivity index (χ4v) is 1.85. The molecule has 4 heteroatoms. The lowest BCUT2D eigenvalue weighted by Crippen LogP contribution is -2.12. The van der Waals surface area contributed by atoms with Crippen molar-refractivity contribution in [2.75, 3.05) is 7.11 Å². The second kappa shape index (κ2) is 7.14.